The Morgan fingerprint density at radius 3 is 1.64 bits per heavy atom. The van der Waals surface area contributed by atoms with Crippen LogP contribution >= 0.6 is 0 Å². The molecule has 1 aliphatic rings. The van der Waals surface area contributed by atoms with Crippen molar-refractivity contribution in [3.05, 3.63) is 143 Å². The van der Waals surface area contributed by atoms with E-state index < -0.39 is 28.4 Å². The van der Waals surface area contributed by atoms with Gasteiger partial charge in [0.1, 0.15) is 0 Å². The van der Waals surface area contributed by atoms with Crippen LogP contribution in [0.3, 0.4) is 0 Å². The minimum absolute atomic E-state index is 0.322. The van der Waals surface area contributed by atoms with Crippen LogP contribution in [0.4, 0.5) is 0 Å². The summed E-state index contributed by atoms with van der Waals surface area (Å²) in [6.45, 7) is 2.32. The fourth-order valence-electron chi connectivity index (χ4n) is 4.91. The number of hydrogen-bond donors (Lipinski definition) is 0. The maximum atomic E-state index is 13.5. The standard InChI is InChI=1S/C13H14NO2S.3C6H5.Sn/c1-11-5-7-13(8-6-11)17(15,16)14-9-3-4-12(2)10-14;3*1-2-4-6-5-3-1;/h2-3,5-9H,4,10H2,1H3;3*1-5H;. The molecule has 0 N–H and O–H groups in total. The molecule has 0 radical (unpaired) electrons. The molecule has 4 aromatic carbocycles. The summed E-state index contributed by atoms with van der Waals surface area (Å²) >= 11 is -3.65. The van der Waals surface area contributed by atoms with Crippen LogP contribution in [0.5, 0.6) is 0 Å². The van der Waals surface area contributed by atoms with E-state index in [4.69, 9.17) is 0 Å². The van der Waals surface area contributed by atoms with Crippen molar-refractivity contribution in [1.82, 2.24) is 4.31 Å². The Kier molecular flexibility index (Phi) is 7.17. The van der Waals surface area contributed by atoms with Crippen LogP contribution < -0.4 is 10.7 Å². The van der Waals surface area contributed by atoms with Gasteiger partial charge in [0, 0.05) is 0 Å². The van der Waals surface area contributed by atoms with Crippen LogP contribution in [0, 0.1) is 6.92 Å². The predicted octanol–water partition coefficient (Wildman–Crippen LogP) is 4.54. The Labute approximate surface area is 218 Å². The van der Waals surface area contributed by atoms with Gasteiger partial charge in [-0.25, -0.2) is 0 Å². The van der Waals surface area contributed by atoms with Gasteiger partial charge in [-0.15, -0.1) is 0 Å². The molecule has 0 fully saturated rings. The first-order chi connectivity index (χ1) is 17.5. The zero-order chi connectivity index (χ0) is 25.0. The first-order valence-corrected chi connectivity index (χ1v) is 19.5. The summed E-state index contributed by atoms with van der Waals surface area (Å²) in [5.41, 5.74) is 2.18. The normalized spacial score (nSPS) is 15.2. The van der Waals surface area contributed by atoms with Crippen molar-refractivity contribution in [2.45, 2.75) is 18.2 Å². The molecule has 0 amide bonds. The van der Waals surface area contributed by atoms with Crippen molar-refractivity contribution < 1.29 is 8.42 Å². The van der Waals surface area contributed by atoms with E-state index in [0.717, 1.165) is 17.6 Å². The van der Waals surface area contributed by atoms with Crippen LogP contribution in [0.1, 0.15) is 12.0 Å². The van der Waals surface area contributed by atoms with Crippen molar-refractivity contribution in [1.29, 1.82) is 0 Å². The Morgan fingerprint density at radius 2 is 1.17 bits per heavy atom. The summed E-state index contributed by atoms with van der Waals surface area (Å²) in [7, 11) is -3.63. The molecule has 36 heavy (non-hydrogen) atoms. The van der Waals surface area contributed by atoms with Gasteiger partial charge < -0.3 is 0 Å². The summed E-state index contributed by atoms with van der Waals surface area (Å²) in [5.74, 6) is 0. The predicted molar refractivity (Wildman–Crippen MR) is 151 cm³/mol. The van der Waals surface area contributed by atoms with Crippen LogP contribution in [0.2, 0.25) is 0 Å². The Hall–Kier alpha value is -3.09. The van der Waals surface area contributed by atoms with Gasteiger partial charge >= 0.3 is 219 Å². The van der Waals surface area contributed by atoms with Crippen LogP contribution in [-0.4, -0.2) is 37.6 Å². The maximum absolute atomic E-state index is 13.5. The molecule has 4 aromatic rings. The Morgan fingerprint density at radius 1 is 0.694 bits per heavy atom. The molecule has 0 aromatic heterocycles. The summed E-state index contributed by atoms with van der Waals surface area (Å²) < 4.78 is 35.0. The van der Waals surface area contributed by atoms with Crippen LogP contribution in [0.15, 0.2) is 142 Å². The molecule has 180 valence electrons. The van der Waals surface area contributed by atoms with Crippen molar-refractivity contribution in [2.75, 3.05) is 6.54 Å². The first-order valence-electron chi connectivity index (χ1n) is 12.1. The summed E-state index contributed by atoms with van der Waals surface area (Å²) in [4.78, 5) is 0.322. The first kappa shape index (κ1) is 24.6. The third kappa shape index (κ3) is 4.80. The summed E-state index contributed by atoms with van der Waals surface area (Å²) in [6, 6.07) is 39.4. The fraction of sp³-hybridized carbons (Fsp3) is 0.0968. The average molecular weight is 598 g/mol. The molecule has 0 bridgehead atoms. The SMILES string of the molecule is Cc1ccc(S(=O)(=O)N2C=CC/C(=[CH]\[Sn]([c]3ccccc3)([c]3ccccc3)[c]3ccccc3)C2)cc1. The van der Waals surface area contributed by atoms with Gasteiger partial charge in [0.25, 0.3) is 0 Å². The molecular weight excluding hydrogens is 569 g/mol. The van der Waals surface area contributed by atoms with E-state index in [2.05, 4.69) is 95.1 Å². The summed E-state index contributed by atoms with van der Waals surface area (Å²) in [6.07, 6.45) is 4.43. The van der Waals surface area contributed by atoms with Crippen molar-refractivity contribution in [2.24, 2.45) is 0 Å². The second-order valence-electron chi connectivity index (χ2n) is 9.16. The van der Waals surface area contributed by atoms with E-state index in [1.165, 1.54) is 15.0 Å². The number of sulfonamides is 1. The number of benzene rings is 4. The zero-order valence-corrected chi connectivity index (χ0v) is 24.0. The van der Waals surface area contributed by atoms with E-state index in [9.17, 15) is 8.42 Å². The fourth-order valence-corrected chi connectivity index (χ4v) is 19.0. The van der Waals surface area contributed by atoms with Gasteiger partial charge in [0.2, 0.25) is 0 Å². The number of nitrogens with zero attached hydrogens (tertiary/aromatic N) is 1. The molecule has 5 heteroatoms. The van der Waals surface area contributed by atoms with E-state index >= 15 is 0 Å². The molecule has 0 aliphatic carbocycles. The third-order valence-electron chi connectivity index (χ3n) is 6.75. The molecule has 0 saturated carbocycles. The van der Waals surface area contributed by atoms with Gasteiger partial charge in [0.05, 0.1) is 0 Å². The Balaban J connectivity index is 1.65. The minimum atomic E-state index is -3.65. The average Bonchev–Trinajstić information content (AvgIpc) is 2.93. The van der Waals surface area contributed by atoms with Gasteiger partial charge in [-0.2, -0.15) is 0 Å². The zero-order valence-electron chi connectivity index (χ0n) is 20.3. The van der Waals surface area contributed by atoms with Crippen LogP contribution in [-0.2, 0) is 10.0 Å². The number of allylic oxidation sites excluding steroid dienone is 1. The monoisotopic (exact) mass is 599 g/mol. The summed E-state index contributed by atoms with van der Waals surface area (Å²) in [5, 5.41) is 0. The van der Waals surface area contributed by atoms with Crippen molar-refractivity contribution in [3.63, 3.8) is 0 Å². The van der Waals surface area contributed by atoms with E-state index in [1.807, 2.05) is 25.1 Å². The molecule has 1 heterocycles. The molecular formula is C31H29NO2SSn. The number of rotatable bonds is 6. The van der Waals surface area contributed by atoms with E-state index in [0.29, 0.717) is 11.4 Å². The molecule has 0 unspecified atom stereocenters. The molecule has 0 saturated heterocycles. The van der Waals surface area contributed by atoms with Crippen molar-refractivity contribution >= 4 is 39.1 Å². The topological polar surface area (TPSA) is 37.4 Å². The second kappa shape index (κ2) is 10.5. The van der Waals surface area contributed by atoms with Crippen molar-refractivity contribution in [3.8, 4) is 0 Å². The third-order valence-corrected chi connectivity index (χ3v) is 21.5. The molecule has 3 nitrogen and oxygen atoms in total. The Bertz CT molecular complexity index is 1380. The number of aryl methyl sites for hydroxylation is 1. The second-order valence-corrected chi connectivity index (χ2v) is 21.4. The quantitative estimate of drug-likeness (QED) is 0.306. The molecule has 0 atom stereocenters. The molecule has 5 rings (SSSR count). The molecule has 0 spiro atoms. The van der Waals surface area contributed by atoms with Gasteiger partial charge in [0.15, 0.2) is 0 Å². The van der Waals surface area contributed by atoms with Gasteiger partial charge in [-0.05, 0) is 0 Å². The van der Waals surface area contributed by atoms with Gasteiger partial charge in [-0.3, -0.25) is 0 Å². The van der Waals surface area contributed by atoms with E-state index in [1.54, 1.807) is 18.3 Å². The molecule has 1 aliphatic heterocycles. The van der Waals surface area contributed by atoms with Gasteiger partial charge in [-0.1, -0.05) is 0 Å². The van der Waals surface area contributed by atoms with Crippen LogP contribution in [0.25, 0.3) is 0 Å². The van der Waals surface area contributed by atoms with E-state index in [-0.39, 0.29) is 0 Å². The number of hydrogen-bond acceptors (Lipinski definition) is 2.